The van der Waals surface area contributed by atoms with Crippen molar-refractivity contribution in [2.75, 3.05) is 11.1 Å². The highest BCUT2D eigenvalue weighted by Crippen LogP contribution is 2.23. The summed E-state index contributed by atoms with van der Waals surface area (Å²) in [6.07, 6.45) is 1.36. The minimum Gasteiger partial charge on any atom is -0.325 e. The number of hydrogen-bond acceptors (Lipinski definition) is 6. The molecule has 0 aliphatic rings. The van der Waals surface area contributed by atoms with E-state index in [0.717, 1.165) is 22.7 Å². The summed E-state index contributed by atoms with van der Waals surface area (Å²) in [5, 5.41) is 3.14. The Bertz CT molecular complexity index is 1200. The predicted molar refractivity (Wildman–Crippen MR) is 110 cm³/mol. The van der Waals surface area contributed by atoms with Gasteiger partial charge in [-0.05, 0) is 24.6 Å². The zero-order chi connectivity index (χ0) is 21.1. The van der Waals surface area contributed by atoms with Crippen LogP contribution in [0.4, 0.5) is 10.1 Å². The van der Waals surface area contributed by atoms with Crippen molar-refractivity contribution >= 4 is 34.4 Å². The lowest BCUT2D eigenvalue weighted by Crippen LogP contribution is -2.38. The van der Waals surface area contributed by atoms with Crippen molar-refractivity contribution in [3.8, 4) is 0 Å². The van der Waals surface area contributed by atoms with Crippen LogP contribution in [-0.4, -0.2) is 30.8 Å². The van der Waals surface area contributed by atoms with Crippen LogP contribution in [0, 0.1) is 5.82 Å². The van der Waals surface area contributed by atoms with Crippen molar-refractivity contribution in [2.24, 2.45) is 14.1 Å². The number of rotatable bonds is 6. The number of aryl methyl sites for hydroxylation is 2. The predicted octanol–water partition coefficient (Wildman–Crippen LogP) is 1.85. The third-order valence-electron chi connectivity index (χ3n) is 4.24. The lowest BCUT2D eigenvalue weighted by Gasteiger charge is -2.11. The molecule has 0 radical (unpaired) electrons. The molecule has 1 aromatic carbocycles. The van der Waals surface area contributed by atoms with Crippen LogP contribution in [-0.2, 0) is 25.3 Å². The molecule has 0 spiro atoms. The van der Waals surface area contributed by atoms with Gasteiger partial charge in [0.25, 0.3) is 5.56 Å². The molecule has 3 rings (SSSR count). The Kier molecular flexibility index (Phi) is 6.12. The number of thioether (sulfide) groups is 1. The van der Waals surface area contributed by atoms with E-state index in [1.165, 1.54) is 36.9 Å². The van der Waals surface area contributed by atoms with Crippen molar-refractivity contribution < 1.29 is 9.18 Å². The van der Waals surface area contributed by atoms with Crippen molar-refractivity contribution in [1.29, 1.82) is 0 Å². The molecule has 0 aliphatic carbocycles. The van der Waals surface area contributed by atoms with E-state index in [0.29, 0.717) is 23.0 Å². The molecule has 29 heavy (non-hydrogen) atoms. The van der Waals surface area contributed by atoms with Gasteiger partial charge in [0, 0.05) is 26.2 Å². The number of amides is 1. The second-order valence-corrected chi connectivity index (χ2v) is 7.41. The Morgan fingerprint density at radius 1 is 1.21 bits per heavy atom. The fraction of sp³-hybridized carbons (Fsp3) is 0.316. The van der Waals surface area contributed by atoms with Gasteiger partial charge in [-0.25, -0.2) is 19.2 Å². The van der Waals surface area contributed by atoms with Gasteiger partial charge in [0.2, 0.25) is 5.91 Å². The number of aromatic nitrogens is 4. The van der Waals surface area contributed by atoms with Gasteiger partial charge in [-0.1, -0.05) is 24.8 Å². The van der Waals surface area contributed by atoms with E-state index in [2.05, 4.69) is 15.3 Å². The highest BCUT2D eigenvalue weighted by atomic mass is 32.2. The average Bonchev–Trinajstić information content (AvgIpc) is 2.69. The molecule has 0 atom stereocenters. The molecular weight excluding hydrogens is 397 g/mol. The molecule has 0 saturated heterocycles. The van der Waals surface area contributed by atoms with Gasteiger partial charge in [0.1, 0.15) is 22.1 Å². The molecule has 3 aromatic rings. The van der Waals surface area contributed by atoms with Crippen LogP contribution in [0.3, 0.4) is 0 Å². The van der Waals surface area contributed by atoms with Crippen LogP contribution >= 0.6 is 11.8 Å². The van der Waals surface area contributed by atoms with E-state index >= 15 is 0 Å². The van der Waals surface area contributed by atoms with Gasteiger partial charge < -0.3 is 5.32 Å². The van der Waals surface area contributed by atoms with Gasteiger partial charge >= 0.3 is 5.69 Å². The van der Waals surface area contributed by atoms with Crippen LogP contribution in [0.1, 0.15) is 19.2 Å². The number of halogens is 1. The summed E-state index contributed by atoms with van der Waals surface area (Å²) < 4.78 is 15.6. The lowest BCUT2D eigenvalue weighted by molar-refractivity contribution is -0.113. The highest BCUT2D eigenvalue weighted by Gasteiger charge is 2.18. The molecule has 152 valence electrons. The summed E-state index contributed by atoms with van der Waals surface area (Å²) >= 11 is 1.07. The largest absolute Gasteiger partial charge is 0.332 e. The monoisotopic (exact) mass is 417 g/mol. The Morgan fingerprint density at radius 3 is 2.66 bits per heavy atom. The summed E-state index contributed by atoms with van der Waals surface area (Å²) in [6.45, 7) is 1.97. The Hall–Kier alpha value is -3.01. The van der Waals surface area contributed by atoms with E-state index in [4.69, 9.17) is 0 Å². The fourth-order valence-corrected chi connectivity index (χ4v) is 3.64. The molecule has 0 fully saturated rings. The maximum atomic E-state index is 13.3. The van der Waals surface area contributed by atoms with Crippen molar-refractivity contribution in [2.45, 2.75) is 24.8 Å². The minimum atomic E-state index is -0.515. The SMILES string of the molecule is CCCc1nc(SCC(=O)Nc2cccc(F)c2)c2c(=O)n(C)c(=O)n(C)c2n1. The van der Waals surface area contributed by atoms with Gasteiger partial charge in [0.15, 0.2) is 5.65 Å². The fourth-order valence-electron chi connectivity index (χ4n) is 2.81. The third-order valence-corrected chi connectivity index (χ3v) is 5.21. The average molecular weight is 417 g/mol. The number of carbonyl (C=O) groups excluding carboxylic acids is 1. The quantitative estimate of drug-likeness (QED) is 0.485. The molecule has 1 amide bonds. The molecule has 8 nitrogen and oxygen atoms in total. The van der Waals surface area contributed by atoms with Gasteiger partial charge in [-0.2, -0.15) is 0 Å². The van der Waals surface area contributed by atoms with E-state index < -0.39 is 17.1 Å². The summed E-state index contributed by atoms with van der Waals surface area (Å²) in [6, 6.07) is 5.58. The molecule has 0 bridgehead atoms. The van der Waals surface area contributed by atoms with E-state index in [1.54, 1.807) is 6.07 Å². The van der Waals surface area contributed by atoms with Crippen molar-refractivity contribution in [1.82, 2.24) is 19.1 Å². The van der Waals surface area contributed by atoms with Crippen LogP contribution in [0.5, 0.6) is 0 Å². The normalized spacial score (nSPS) is 11.0. The maximum Gasteiger partial charge on any atom is 0.332 e. The molecular formula is C19H20FN5O3S. The minimum absolute atomic E-state index is 0.0415. The van der Waals surface area contributed by atoms with Gasteiger partial charge in [0.05, 0.1) is 5.75 Å². The van der Waals surface area contributed by atoms with E-state index in [-0.39, 0.29) is 22.7 Å². The number of nitrogens with zero attached hydrogens (tertiary/aromatic N) is 4. The number of fused-ring (bicyclic) bond motifs is 1. The highest BCUT2D eigenvalue weighted by molar-refractivity contribution is 8.00. The molecule has 0 unspecified atom stereocenters. The van der Waals surface area contributed by atoms with Crippen molar-refractivity contribution in [3.05, 3.63) is 56.7 Å². The van der Waals surface area contributed by atoms with Gasteiger partial charge in [-0.3, -0.25) is 18.7 Å². The summed E-state index contributed by atoms with van der Waals surface area (Å²) in [5.74, 6) is -0.367. The second-order valence-electron chi connectivity index (χ2n) is 6.45. The molecule has 10 heteroatoms. The summed E-state index contributed by atoms with van der Waals surface area (Å²) in [4.78, 5) is 46.0. The molecule has 0 aliphatic heterocycles. The van der Waals surface area contributed by atoms with E-state index in [9.17, 15) is 18.8 Å². The number of hydrogen-bond donors (Lipinski definition) is 1. The van der Waals surface area contributed by atoms with Crippen LogP contribution < -0.4 is 16.6 Å². The zero-order valence-electron chi connectivity index (χ0n) is 16.2. The van der Waals surface area contributed by atoms with Crippen LogP contribution in [0.25, 0.3) is 11.0 Å². The topological polar surface area (TPSA) is 98.9 Å². The van der Waals surface area contributed by atoms with Crippen molar-refractivity contribution in [3.63, 3.8) is 0 Å². The Morgan fingerprint density at radius 2 is 1.97 bits per heavy atom. The summed E-state index contributed by atoms with van der Waals surface area (Å²) in [7, 11) is 2.92. The molecule has 2 aromatic heterocycles. The first-order chi connectivity index (χ1) is 13.8. The second kappa shape index (κ2) is 8.56. The first-order valence-corrected chi connectivity index (χ1v) is 9.95. The summed E-state index contributed by atoms with van der Waals surface area (Å²) in [5.41, 5.74) is -0.416. The number of anilines is 1. The zero-order valence-corrected chi connectivity index (χ0v) is 17.0. The molecule has 2 heterocycles. The molecule has 1 N–H and O–H groups in total. The Balaban J connectivity index is 1.96. The number of carbonyl (C=O) groups is 1. The van der Waals surface area contributed by atoms with E-state index in [1.807, 2.05) is 6.92 Å². The van der Waals surface area contributed by atoms with Gasteiger partial charge in [-0.15, -0.1) is 0 Å². The lowest BCUT2D eigenvalue weighted by atomic mass is 10.3. The Labute approximate surface area is 169 Å². The number of nitrogens with one attached hydrogen (secondary N) is 1. The van der Waals surface area contributed by atoms with Crippen LogP contribution in [0.15, 0.2) is 38.9 Å². The standard InChI is InChI=1S/C19H20FN5O3S/c1-4-6-13-22-16-15(18(27)25(3)19(28)24(16)2)17(23-13)29-10-14(26)21-12-8-5-7-11(20)9-12/h5,7-9H,4,6,10H2,1-3H3,(H,21,26). The number of benzene rings is 1. The molecule has 0 saturated carbocycles. The first kappa shape index (κ1) is 20.7. The third kappa shape index (κ3) is 4.37. The smallest absolute Gasteiger partial charge is 0.325 e. The van der Waals surface area contributed by atoms with Crippen LogP contribution in [0.2, 0.25) is 0 Å². The first-order valence-electron chi connectivity index (χ1n) is 8.96. The maximum absolute atomic E-state index is 13.3.